The molecular weight excluding hydrogens is 801 g/mol. The number of hydrogen-bond donors (Lipinski definition) is 0. The maximum atomic E-state index is 10.7. The summed E-state index contributed by atoms with van der Waals surface area (Å²) in [6, 6.07) is 0. The van der Waals surface area contributed by atoms with Crippen LogP contribution in [0.5, 0.6) is 0 Å². The van der Waals surface area contributed by atoms with Crippen molar-refractivity contribution in [3.63, 3.8) is 0 Å². The second kappa shape index (κ2) is 22.0. The van der Waals surface area contributed by atoms with Gasteiger partial charge in [0.25, 0.3) is 0 Å². The van der Waals surface area contributed by atoms with E-state index in [1.54, 1.807) is 25.4 Å². The van der Waals surface area contributed by atoms with Gasteiger partial charge in [-0.15, -0.1) is 0 Å². The minimum atomic E-state index is -0.253. The number of allylic oxidation sites excluding steroid dienone is 2. The van der Waals surface area contributed by atoms with Crippen molar-refractivity contribution in [2.75, 3.05) is 27.4 Å². The van der Waals surface area contributed by atoms with Crippen LogP contribution in [-0.2, 0) is 23.7 Å². The second-order valence-corrected chi connectivity index (χ2v) is 26.0. The third kappa shape index (κ3) is 10.7. The highest BCUT2D eigenvalue weighted by Crippen LogP contribution is 2.69. The molecule has 65 heavy (non-hydrogen) atoms. The molecule has 6 fully saturated rings. The van der Waals surface area contributed by atoms with Crippen LogP contribution in [0.1, 0.15) is 210 Å². The lowest BCUT2D eigenvalue weighted by molar-refractivity contribution is -0.156. The molecule has 372 valence electrons. The van der Waals surface area contributed by atoms with Crippen molar-refractivity contribution in [3.8, 4) is 0 Å². The Labute approximate surface area is 400 Å². The second-order valence-electron chi connectivity index (χ2n) is 26.0. The quantitative estimate of drug-likeness (QED) is 0.0779. The molecule has 5 heteroatoms. The Hall–Kier alpha value is -1.01. The summed E-state index contributed by atoms with van der Waals surface area (Å²) in [5, 5.41) is 0. The van der Waals surface area contributed by atoms with E-state index in [9.17, 15) is 4.79 Å². The summed E-state index contributed by atoms with van der Waals surface area (Å²) in [6.07, 6.45) is 36.4. The van der Waals surface area contributed by atoms with E-state index < -0.39 is 0 Å². The normalized spacial score (nSPS) is 41.8. The van der Waals surface area contributed by atoms with Gasteiger partial charge in [0, 0.05) is 14.2 Å². The fourth-order valence-electron chi connectivity index (χ4n) is 18.2. The van der Waals surface area contributed by atoms with E-state index in [0.717, 1.165) is 96.6 Å². The fourth-order valence-corrected chi connectivity index (χ4v) is 18.2. The monoisotopic (exact) mass is 903 g/mol. The van der Waals surface area contributed by atoms with E-state index in [1.165, 1.54) is 122 Å². The first-order valence-corrected chi connectivity index (χ1v) is 28.1. The third-order valence-electron chi connectivity index (χ3n) is 21.9. The van der Waals surface area contributed by atoms with E-state index in [1.807, 2.05) is 0 Å². The molecule has 0 aliphatic heterocycles. The molecule has 0 N–H and O–H groups in total. The number of ether oxygens (including phenoxy) is 4. The number of fused-ring (bicyclic) bond motifs is 10. The van der Waals surface area contributed by atoms with Crippen LogP contribution >= 0.6 is 0 Å². The van der Waals surface area contributed by atoms with Crippen molar-refractivity contribution in [2.45, 2.75) is 229 Å². The Bertz CT molecular complexity index is 1590. The van der Waals surface area contributed by atoms with Crippen LogP contribution in [0.3, 0.4) is 0 Å². The van der Waals surface area contributed by atoms with Crippen LogP contribution in [-0.4, -0.2) is 52.2 Å². The molecule has 8 aliphatic rings. The molecule has 8 rings (SSSR count). The number of hydrogen-bond acceptors (Lipinski definition) is 5. The molecule has 0 heterocycles. The predicted molar refractivity (Wildman–Crippen MR) is 269 cm³/mol. The highest BCUT2D eigenvalue weighted by atomic mass is 16.7. The average molecular weight is 903 g/mol. The van der Waals surface area contributed by atoms with Gasteiger partial charge in [-0.3, -0.25) is 0 Å². The van der Waals surface area contributed by atoms with Crippen LogP contribution in [0, 0.1) is 92.7 Å². The maximum Gasteiger partial charge on any atom is 0.180 e. The SMILES string of the molecule is CC(C)CCC[C@@H](C)[C@H]1CC[C@H]2[C@@H]3CC=C4C[C@@H](OCC=O)CC[C@]4(C)[C@H]3CC[C@]12C.COC(CO[C@H]1CC[C@@]2(C)C(=CC[C@H]3[C@@H]4CC[C@H]([C@H](C)CCCC(C)C)[C@@]4(C)CC[C@@H]32)C1)OC. The predicted octanol–water partition coefficient (Wildman–Crippen LogP) is 15.6. The number of rotatable bonds is 18. The van der Waals surface area contributed by atoms with Crippen molar-refractivity contribution < 1.29 is 23.7 Å². The molecule has 0 bridgehead atoms. The molecule has 0 amide bonds. The fraction of sp³-hybridized carbons (Fsp3) is 0.917. The molecule has 16 atom stereocenters. The van der Waals surface area contributed by atoms with E-state index in [-0.39, 0.29) is 19.0 Å². The Morgan fingerprint density at radius 1 is 0.569 bits per heavy atom. The Morgan fingerprint density at radius 2 is 1.02 bits per heavy atom. The third-order valence-corrected chi connectivity index (χ3v) is 21.9. The molecule has 0 radical (unpaired) electrons. The van der Waals surface area contributed by atoms with Crippen LogP contribution in [0.25, 0.3) is 0 Å². The number of methoxy groups -OCH3 is 2. The molecule has 8 aliphatic carbocycles. The lowest BCUT2D eigenvalue weighted by Crippen LogP contribution is -2.51. The Balaban J connectivity index is 0.000000195. The number of carbonyl (C=O) groups excluding carboxylic acids is 1. The first-order chi connectivity index (χ1) is 31.0. The average Bonchev–Trinajstić information content (AvgIpc) is 3.83. The standard InChI is InChI=1S/C31H54O3.C29H48O2/c1-21(2)9-8-10-22(3)26-13-14-27-25-12-11-23-19-24(34-20-29(32-6)33-7)15-17-30(23,4)28(25)16-18-31(26,27)5;1-20(2)7-6-8-21(3)25-11-12-26-24-10-9-22-19-23(31-18-17-30)13-15-28(22,4)27(24)14-16-29(25,26)5/h11,21-22,24-29H,8-10,12-20H2,1-7H3;9,17,20-21,23-27H,6-8,10-16,18-19H2,1-5H3/t22-,24+,25+,26-,27+,28+,30+,31-;21-,23+,24+,25-,26+,27+,28+,29-/m11/s1. The zero-order valence-electron chi connectivity index (χ0n) is 44.4. The lowest BCUT2D eigenvalue weighted by Gasteiger charge is -2.58. The van der Waals surface area contributed by atoms with Gasteiger partial charge < -0.3 is 23.7 Å². The van der Waals surface area contributed by atoms with Crippen molar-refractivity contribution in [1.29, 1.82) is 0 Å². The zero-order valence-corrected chi connectivity index (χ0v) is 44.4. The van der Waals surface area contributed by atoms with E-state index >= 15 is 0 Å². The van der Waals surface area contributed by atoms with Gasteiger partial charge in [0.05, 0.1) is 18.8 Å². The van der Waals surface area contributed by atoms with Gasteiger partial charge >= 0.3 is 0 Å². The minimum Gasteiger partial charge on any atom is -0.373 e. The molecule has 0 saturated heterocycles. The summed E-state index contributed by atoms with van der Waals surface area (Å²) in [4.78, 5) is 10.7. The van der Waals surface area contributed by atoms with E-state index in [2.05, 4.69) is 81.4 Å². The van der Waals surface area contributed by atoms with Gasteiger partial charge in [-0.25, -0.2) is 0 Å². The van der Waals surface area contributed by atoms with Gasteiger partial charge in [0.1, 0.15) is 12.9 Å². The van der Waals surface area contributed by atoms with E-state index in [0.29, 0.717) is 34.4 Å². The molecule has 0 spiro atoms. The molecule has 5 nitrogen and oxygen atoms in total. The number of aldehydes is 1. The summed E-state index contributed by atoms with van der Waals surface area (Å²) in [7, 11) is 3.38. The highest BCUT2D eigenvalue weighted by molar-refractivity contribution is 5.50. The van der Waals surface area contributed by atoms with Crippen LogP contribution < -0.4 is 0 Å². The first-order valence-electron chi connectivity index (χ1n) is 28.1. The topological polar surface area (TPSA) is 54.0 Å². The van der Waals surface area contributed by atoms with Gasteiger partial charge in [0.2, 0.25) is 0 Å². The Morgan fingerprint density at radius 3 is 1.43 bits per heavy atom. The zero-order chi connectivity index (χ0) is 46.7. The van der Waals surface area contributed by atoms with Gasteiger partial charge in [-0.1, -0.05) is 131 Å². The van der Waals surface area contributed by atoms with Crippen molar-refractivity contribution in [1.82, 2.24) is 0 Å². The summed E-state index contributed by atoms with van der Waals surface area (Å²) >= 11 is 0. The van der Waals surface area contributed by atoms with Crippen molar-refractivity contribution in [2.24, 2.45) is 92.7 Å². The minimum absolute atomic E-state index is 0.253. The summed E-state index contributed by atoms with van der Waals surface area (Å²) in [5.74, 6) is 10.8. The summed E-state index contributed by atoms with van der Waals surface area (Å²) in [5.41, 5.74) is 5.30. The Kier molecular flexibility index (Phi) is 17.5. The van der Waals surface area contributed by atoms with Crippen LogP contribution in [0.4, 0.5) is 0 Å². The lowest BCUT2D eigenvalue weighted by atomic mass is 9.47. The molecule has 0 aromatic carbocycles. The molecule has 0 aromatic heterocycles. The maximum absolute atomic E-state index is 10.7. The van der Waals surface area contributed by atoms with Gasteiger partial charge in [0.15, 0.2) is 6.29 Å². The van der Waals surface area contributed by atoms with Crippen LogP contribution in [0.15, 0.2) is 23.3 Å². The smallest absolute Gasteiger partial charge is 0.180 e. The van der Waals surface area contributed by atoms with Crippen molar-refractivity contribution in [3.05, 3.63) is 23.3 Å². The van der Waals surface area contributed by atoms with Crippen molar-refractivity contribution >= 4 is 6.29 Å². The summed E-state index contributed by atoms with van der Waals surface area (Å²) < 4.78 is 22.7. The molecule has 0 aromatic rings. The molecular formula is C60H102O5. The molecule has 6 saturated carbocycles. The van der Waals surface area contributed by atoms with E-state index in [4.69, 9.17) is 18.9 Å². The highest BCUT2D eigenvalue weighted by Gasteiger charge is 2.61. The van der Waals surface area contributed by atoms with Crippen LogP contribution in [0.2, 0.25) is 0 Å². The first kappa shape index (κ1) is 51.8. The number of carbonyl (C=O) groups is 1. The summed E-state index contributed by atoms with van der Waals surface area (Å²) in [6.45, 7) is 26.0. The van der Waals surface area contributed by atoms with Gasteiger partial charge in [-0.2, -0.15) is 0 Å². The van der Waals surface area contributed by atoms with Gasteiger partial charge in [-0.05, 0) is 195 Å². The largest absolute Gasteiger partial charge is 0.373 e. The molecule has 0 unspecified atom stereocenters.